The van der Waals surface area contributed by atoms with Crippen LogP contribution >= 0.6 is 0 Å². The molecule has 0 radical (unpaired) electrons. The third kappa shape index (κ3) is 12.1. The lowest BCUT2D eigenvalue weighted by molar-refractivity contribution is -0.384. The highest BCUT2D eigenvalue weighted by molar-refractivity contribution is 5.81. The van der Waals surface area contributed by atoms with Crippen LogP contribution in [0, 0.1) is 10.1 Å². The number of aliphatic hydroxyl groups excluding tert-OH is 2. The Morgan fingerprint density at radius 1 is 0.912 bits per heavy atom. The number of carbonyl (C=O) groups excluding carboxylic acids is 2. The SMILES string of the molecule is C=CC(=O)OCC(O)COCCN(CCOCC(O)COC(=O)C=C)c1ccc([N+](=O)[O-])cc1. The van der Waals surface area contributed by atoms with Crippen LogP contribution in [0.3, 0.4) is 0 Å². The first-order chi connectivity index (χ1) is 16.3. The summed E-state index contributed by atoms with van der Waals surface area (Å²) >= 11 is 0. The Bertz CT molecular complexity index is 761. The summed E-state index contributed by atoms with van der Waals surface area (Å²) in [7, 11) is 0. The number of carbonyl (C=O) groups is 2. The van der Waals surface area contributed by atoms with Crippen molar-refractivity contribution in [1.82, 2.24) is 0 Å². The standard InChI is InChI=1S/C22H30N2O10/c1-3-21(27)33-15-19(25)13-31-11-9-23(17-5-7-18(8-6-17)24(29)30)10-12-32-14-20(26)16-34-22(28)4-2/h3-8,19-20,25-26H,1-2,9-16H2. The maximum Gasteiger partial charge on any atom is 0.330 e. The van der Waals surface area contributed by atoms with Gasteiger partial charge >= 0.3 is 11.9 Å². The maximum absolute atomic E-state index is 11.0. The van der Waals surface area contributed by atoms with Crippen molar-refractivity contribution in [3.8, 4) is 0 Å². The molecular weight excluding hydrogens is 452 g/mol. The van der Waals surface area contributed by atoms with E-state index in [-0.39, 0.29) is 45.3 Å². The van der Waals surface area contributed by atoms with Gasteiger partial charge in [0, 0.05) is 43.1 Å². The number of esters is 2. The van der Waals surface area contributed by atoms with Crippen LogP contribution in [-0.2, 0) is 28.5 Å². The van der Waals surface area contributed by atoms with Crippen LogP contribution < -0.4 is 4.90 Å². The molecule has 2 unspecified atom stereocenters. The number of non-ortho nitro benzene ring substituents is 1. The molecule has 0 amide bonds. The second kappa shape index (κ2) is 16.3. The molecule has 1 rings (SSSR count). The van der Waals surface area contributed by atoms with E-state index < -0.39 is 29.1 Å². The fourth-order valence-electron chi connectivity index (χ4n) is 2.51. The van der Waals surface area contributed by atoms with Gasteiger partial charge in [-0.1, -0.05) is 13.2 Å². The van der Waals surface area contributed by atoms with E-state index in [0.29, 0.717) is 18.8 Å². The molecule has 1 aromatic rings. The van der Waals surface area contributed by atoms with Gasteiger partial charge in [-0.15, -0.1) is 0 Å². The second-order valence-corrected chi connectivity index (χ2v) is 6.89. The number of hydrogen-bond acceptors (Lipinski definition) is 11. The van der Waals surface area contributed by atoms with Gasteiger partial charge < -0.3 is 34.1 Å². The lowest BCUT2D eigenvalue weighted by Crippen LogP contribution is -2.33. The van der Waals surface area contributed by atoms with E-state index in [0.717, 1.165) is 12.2 Å². The van der Waals surface area contributed by atoms with Gasteiger partial charge in [-0.3, -0.25) is 10.1 Å². The number of hydrogen-bond donors (Lipinski definition) is 2. The van der Waals surface area contributed by atoms with Gasteiger partial charge in [-0.05, 0) is 12.1 Å². The predicted octanol–water partition coefficient (Wildman–Crippen LogP) is 0.615. The van der Waals surface area contributed by atoms with E-state index in [2.05, 4.69) is 13.2 Å². The molecule has 0 aliphatic carbocycles. The summed E-state index contributed by atoms with van der Waals surface area (Å²) in [6.45, 7) is 7.05. The van der Waals surface area contributed by atoms with Crippen molar-refractivity contribution in [2.24, 2.45) is 0 Å². The maximum atomic E-state index is 11.0. The van der Waals surface area contributed by atoms with E-state index in [4.69, 9.17) is 18.9 Å². The topological polar surface area (TPSA) is 158 Å². The highest BCUT2D eigenvalue weighted by Crippen LogP contribution is 2.19. The first-order valence-electron chi connectivity index (χ1n) is 10.4. The minimum Gasteiger partial charge on any atom is -0.460 e. The summed E-state index contributed by atoms with van der Waals surface area (Å²) < 4.78 is 20.3. The lowest BCUT2D eigenvalue weighted by Gasteiger charge is -2.25. The Hall–Kier alpha value is -3.32. The van der Waals surface area contributed by atoms with Crippen LogP contribution in [0.5, 0.6) is 0 Å². The summed E-state index contributed by atoms with van der Waals surface area (Å²) in [5.41, 5.74) is 0.629. The monoisotopic (exact) mass is 482 g/mol. The first kappa shape index (κ1) is 28.7. The van der Waals surface area contributed by atoms with E-state index in [9.17, 15) is 29.9 Å². The number of ether oxygens (including phenoxy) is 4. The van der Waals surface area contributed by atoms with Crippen molar-refractivity contribution in [2.75, 3.05) is 57.6 Å². The van der Waals surface area contributed by atoms with Crippen molar-refractivity contribution >= 4 is 23.3 Å². The fraction of sp³-hybridized carbons (Fsp3) is 0.455. The molecule has 0 saturated heterocycles. The average Bonchev–Trinajstić information content (AvgIpc) is 2.84. The lowest BCUT2D eigenvalue weighted by atomic mass is 10.2. The Balaban J connectivity index is 2.53. The molecule has 12 heteroatoms. The highest BCUT2D eigenvalue weighted by Gasteiger charge is 2.13. The molecule has 0 aliphatic rings. The van der Waals surface area contributed by atoms with Crippen molar-refractivity contribution in [3.63, 3.8) is 0 Å². The molecule has 0 saturated carbocycles. The van der Waals surface area contributed by atoms with Crippen LogP contribution in [0.2, 0.25) is 0 Å². The van der Waals surface area contributed by atoms with Crippen molar-refractivity contribution in [2.45, 2.75) is 12.2 Å². The largest absolute Gasteiger partial charge is 0.460 e. The molecule has 0 aliphatic heterocycles. The number of aliphatic hydroxyl groups is 2. The van der Waals surface area contributed by atoms with Crippen LogP contribution in [0.25, 0.3) is 0 Å². The van der Waals surface area contributed by atoms with Crippen LogP contribution in [0.15, 0.2) is 49.6 Å². The van der Waals surface area contributed by atoms with E-state index in [1.54, 1.807) is 12.1 Å². The number of nitrogens with zero attached hydrogens (tertiary/aromatic N) is 2. The Kier molecular flexibility index (Phi) is 13.8. The number of benzene rings is 1. The van der Waals surface area contributed by atoms with Gasteiger partial charge in [0.2, 0.25) is 0 Å². The molecule has 2 atom stereocenters. The molecule has 0 bridgehead atoms. The Morgan fingerprint density at radius 2 is 1.35 bits per heavy atom. The molecule has 0 heterocycles. The van der Waals surface area contributed by atoms with E-state index in [1.807, 2.05) is 4.90 Å². The summed E-state index contributed by atoms with van der Waals surface area (Å²) in [6.07, 6.45) is -0.0248. The van der Waals surface area contributed by atoms with Crippen molar-refractivity contribution in [1.29, 1.82) is 0 Å². The van der Waals surface area contributed by atoms with E-state index in [1.165, 1.54) is 12.1 Å². The average molecular weight is 482 g/mol. The van der Waals surface area contributed by atoms with Crippen LogP contribution in [0.4, 0.5) is 11.4 Å². The zero-order chi connectivity index (χ0) is 25.3. The number of nitro benzene ring substituents is 1. The smallest absolute Gasteiger partial charge is 0.330 e. The van der Waals surface area contributed by atoms with Crippen LogP contribution in [-0.4, -0.2) is 92.0 Å². The molecule has 0 fully saturated rings. The zero-order valence-corrected chi connectivity index (χ0v) is 18.7. The van der Waals surface area contributed by atoms with Gasteiger partial charge in [0.25, 0.3) is 5.69 Å². The van der Waals surface area contributed by atoms with Crippen molar-refractivity contribution < 1.29 is 43.7 Å². The Labute approximate surface area is 197 Å². The summed E-state index contributed by atoms with van der Waals surface area (Å²) in [6, 6.07) is 5.93. The van der Waals surface area contributed by atoms with Crippen molar-refractivity contribution in [3.05, 3.63) is 59.7 Å². The first-order valence-corrected chi connectivity index (χ1v) is 10.4. The third-order valence-electron chi connectivity index (χ3n) is 4.23. The molecular formula is C22H30N2O10. The number of rotatable bonds is 18. The van der Waals surface area contributed by atoms with E-state index >= 15 is 0 Å². The summed E-state index contributed by atoms with van der Waals surface area (Å²) in [4.78, 5) is 34.3. The molecule has 0 spiro atoms. The number of anilines is 1. The molecule has 2 N–H and O–H groups in total. The minimum atomic E-state index is -1.00. The predicted molar refractivity (Wildman–Crippen MR) is 121 cm³/mol. The third-order valence-corrected chi connectivity index (χ3v) is 4.23. The summed E-state index contributed by atoms with van der Waals surface area (Å²) in [5.74, 6) is -1.29. The van der Waals surface area contributed by atoms with Gasteiger partial charge in [0.15, 0.2) is 0 Å². The quantitative estimate of drug-likeness (QED) is 0.0993. The highest BCUT2D eigenvalue weighted by atomic mass is 16.6. The molecule has 1 aromatic carbocycles. The van der Waals surface area contributed by atoms with Gasteiger partial charge in [-0.25, -0.2) is 9.59 Å². The van der Waals surface area contributed by atoms with Gasteiger partial charge in [0.1, 0.15) is 25.4 Å². The summed E-state index contributed by atoms with van der Waals surface area (Å²) in [5, 5.41) is 30.5. The van der Waals surface area contributed by atoms with Gasteiger partial charge in [0.05, 0.1) is 31.4 Å². The van der Waals surface area contributed by atoms with Gasteiger partial charge in [-0.2, -0.15) is 0 Å². The molecule has 34 heavy (non-hydrogen) atoms. The fourth-order valence-corrected chi connectivity index (χ4v) is 2.51. The minimum absolute atomic E-state index is 0.0504. The number of nitro groups is 1. The molecule has 0 aromatic heterocycles. The second-order valence-electron chi connectivity index (χ2n) is 6.89. The molecule has 12 nitrogen and oxygen atoms in total. The zero-order valence-electron chi connectivity index (χ0n) is 18.7. The normalized spacial score (nSPS) is 12.3. The Morgan fingerprint density at radius 3 is 1.74 bits per heavy atom. The van der Waals surface area contributed by atoms with Crippen LogP contribution in [0.1, 0.15) is 0 Å². The molecule has 188 valence electrons.